The SMILES string of the molecule is COC(=O)[C@]1(C)O[C@H]2O[C@@H]([C@@H](CO[C@@H]3O[C@@H]([C@@H](COC(c4ccccc4)(c4ccccc4)c4ccccc4)OC(=O)c4ccccc4)[C@H](OC(=O)c4ccccc4)[C@H]3OC(=O)c3ccccc3)OC(=O)c3ccccc3)[C@H](OC(=O)c3ccccc3)[C@H]2O1. The van der Waals surface area contributed by atoms with Crippen molar-refractivity contribution >= 4 is 35.8 Å². The smallest absolute Gasteiger partial charge is 0.366 e. The second kappa shape index (κ2) is 27.4. The molecule has 0 saturated carbocycles. The molecule has 3 aliphatic rings. The minimum absolute atomic E-state index is 0.0918. The average molecular weight is 1190 g/mol. The molecule has 18 heteroatoms. The molecule has 8 aromatic rings. The lowest BCUT2D eigenvalue weighted by molar-refractivity contribution is -0.248. The fraction of sp³-hybridized carbons (Fsp3) is 0.229. The van der Waals surface area contributed by atoms with Crippen LogP contribution in [0.3, 0.4) is 0 Å². The number of rotatable bonds is 22. The first-order valence-electron chi connectivity index (χ1n) is 28.4. The maximum Gasteiger partial charge on any atom is 0.366 e. The highest BCUT2D eigenvalue weighted by Crippen LogP contribution is 2.44. The summed E-state index contributed by atoms with van der Waals surface area (Å²) in [6.45, 7) is 0.118. The van der Waals surface area contributed by atoms with Gasteiger partial charge in [-0.05, 0) is 77.4 Å². The fourth-order valence-electron chi connectivity index (χ4n) is 10.8. The maximum absolute atomic E-state index is 14.7. The van der Waals surface area contributed by atoms with Gasteiger partial charge in [-0.1, -0.05) is 182 Å². The molecule has 0 aliphatic carbocycles. The van der Waals surface area contributed by atoms with E-state index in [4.69, 9.17) is 56.8 Å². The van der Waals surface area contributed by atoms with E-state index < -0.39 is 122 Å². The van der Waals surface area contributed by atoms with E-state index in [1.165, 1.54) is 55.5 Å². The van der Waals surface area contributed by atoms with Crippen molar-refractivity contribution in [1.29, 1.82) is 0 Å². The van der Waals surface area contributed by atoms with E-state index in [1.54, 1.807) is 103 Å². The van der Waals surface area contributed by atoms with Crippen LogP contribution in [0, 0.1) is 0 Å². The Hall–Kier alpha value is -9.66. The fourth-order valence-corrected chi connectivity index (χ4v) is 10.8. The molecule has 0 spiro atoms. The van der Waals surface area contributed by atoms with Crippen molar-refractivity contribution in [2.24, 2.45) is 0 Å². The highest BCUT2D eigenvalue weighted by atomic mass is 16.9. The molecule has 3 saturated heterocycles. The van der Waals surface area contributed by atoms with E-state index in [9.17, 15) is 28.8 Å². The zero-order valence-corrected chi connectivity index (χ0v) is 47.6. The lowest BCUT2D eigenvalue weighted by Gasteiger charge is -2.38. The normalized spacial score (nSPS) is 22.7. The molecule has 11 atom stereocenters. The number of ether oxygens (including phenoxy) is 12. The van der Waals surface area contributed by atoms with E-state index in [-0.39, 0.29) is 27.8 Å². The van der Waals surface area contributed by atoms with Crippen LogP contribution in [0.2, 0.25) is 0 Å². The Bertz CT molecular complexity index is 3550. The van der Waals surface area contributed by atoms with Crippen LogP contribution >= 0.6 is 0 Å². The van der Waals surface area contributed by atoms with Gasteiger partial charge in [0.15, 0.2) is 49.2 Å². The molecule has 8 aromatic carbocycles. The highest BCUT2D eigenvalue weighted by Gasteiger charge is 2.63. The van der Waals surface area contributed by atoms with Gasteiger partial charge >= 0.3 is 35.8 Å². The molecule has 0 aromatic heterocycles. The van der Waals surface area contributed by atoms with E-state index in [0.29, 0.717) is 16.7 Å². The number of fused-ring (bicyclic) bond motifs is 1. The van der Waals surface area contributed by atoms with E-state index in [1.807, 2.05) is 91.0 Å². The van der Waals surface area contributed by atoms with Gasteiger partial charge in [-0.2, -0.15) is 0 Å². The van der Waals surface area contributed by atoms with E-state index in [2.05, 4.69) is 0 Å². The van der Waals surface area contributed by atoms with Crippen LogP contribution in [-0.2, 0) is 67.2 Å². The van der Waals surface area contributed by atoms with Crippen molar-refractivity contribution in [3.8, 4) is 0 Å². The van der Waals surface area contributed by atoms with Crippen molar-refractivity contribution in [3.05, 3.63) is 287 Å². The Morgan fingerprint density at radius 1 is 0.420 bits per heavy atom. The van der Waals surface area contributed by atoms with Crippen LogP contribution in [0.5, 0.6) is 0 Å². The molecule has 3 aliphatic heterocycles. The van der Waals surface area contributed by atoms with Crippen molar-refractivity contribution in [2.75, 3.05) is 20.3 Å². The maximum atomic E-state index is 14.7. The lowest BCUT2D eigenvalue weighted by Crippen LogP contribution is -2.49. The summed E-state index contributed by atoms with van der Waals surface area (Å²) in [7, 11) is 1.14. The van der Waals surface area contributed by atoms with Gasteiger partial charge in [-0.3, -0.25) is 0 Å². The Morgan fingerprint density at radius 3 is 1.16 bits per heavy atom. The monoisotopic (exact) mass is 1190 g/mol. The molecular formula is C70H60O18. The quantitative estimate of drug-likeness (QED) is 0.0351. The number of esters is 6. The van der Waals surface area contributed by atoms with Gasteiger partial charge < -0.3 is 56.8 Å². The summed E-state index contributed by atoms with van der Waals surface area (Å²) in [5.41, 5.74) is 1.26. The van der Waals surface area contributed by atoms with Gasteiger partial charge in [-0.25, -0.2) is 28.8 Å². The van der Waals surface area contributed by atoms with E-state index >= 15 is 0 Å². The average Bonchev–Trinajstić information content (AvgIpc) is 1.60. The molecule has 11 rings (SSSR count). The molecule has 0 N–H and O–H groups in total. The number of hydrogen-bond donors (Lipinski definition) is 0. The minimum Gasteiger partial charge on any atom is -0.465 e. The summed E-state index contributed by atoms with van der Waals surface area (Å²) in [6.07, 6.45) is -15.7. The van der Waals surface area contributed by atoms with Gasteiger partial charge in [-0.15, -0.1) is 0 Å². The van der Waals surface area contributed by atoms with Gasteiger partial charge in [0.25, 0.3) is 5.79 Å². The van der Waals surface area contributed by atoms with Gasteiger partial charge in [0, 0.05) is 6.92 Å². The highest BCUT2D eigenvalue weighted by molar-refractivity contribution is 5.92. The molecule has 88 heavy (non-hydrogen) atoms. The molecule has 0 bridgehead atoms. The standard InChI is InChI=1S/C70H60O18/c1-69(68(76)77-2)87-60-58(83-64(74)48-33-17-6-18-34-48)55(86-67(60)88-69)53(80-61(71)45-27-11-3-12-28-45)43-78-66-59(84-65(75)49-35-19-7-20-36-49)57(82-63(73)47-31-15-5-16-32-47)56(85-66)54(81-62(72)46-29-13-4-14-30-46)44-79-70(50-37-21-8-22-38-50,51-39-23-9-24-40-51)52-41-25-10-26-42-52/h3-42,53-60,66-67H,43-44H2,1-2H3/t53-,54-,55+,56+,57+,58+,59-,60-,66-,67-,69+/m1/s1. The van der Waals surface area contributed by atoms with Gasteiger partial charge in [0.1, 0.15) is 17.8 Å². The summed E-state index contributed by atoms with van der Waals surface area (Å²) in [5, 5.41) is 0. The summed E-state index contributed by atoms with van der Waals surface area (Å²) in [4.78, 5) is 85.4. The number of carbonyl (C=O) groups excluding carboxylic acids is 6. The molecule has 3 heterocycles. The molecule has 448 valence electrons. The predicted octanol–water partition coefficient (Wildman–Crippen LogP) is 9.89. The molecule has 0 radical (unpaired) electrons. The first-order valence-corrected chi connectivity index (χ1v) is 28.4. The van der Waals surface area contributed by atoms with Gasteiger partial charge in [0.05, 0.1) is 48.1 Å². The molecule has 0 amide bonds. The van der Waals surface area contributed by atoms with Crippen molar-refractivity contribution in [1.82, 2.24) is 0 Å². The third-order valence-electron chi connectivity index (χ3n) is 15.1. The van der Waals surface area contributed by atoms with Crippen LogP contribution in [0.15, 0.2) is 243 Å². The number of benzene rings is 8. The van der Waals surface area contributed by atoms with Crippen molar-refractivity contribution < 1.29 is 85.6 Å². The van der Waals surface area contributed by atoms with Crippen LogP contribution < -0.4 is 0 Å². The Labute approximate surface area is 506 Å². The second-order valence-corrected chi connectivity index (χ2v) is 20.8. The molecule has 0 unspecified atom stereocenters. The van der Waals surface area contributed by atoms with Crippen LogP contribution in [-0.4, -0.2) is 123 Å². The largest absolute Gasteiger partial charge is 0.465 e. The summed E-state index contributed by atoms with van der Waals surface area (Å²) in [5.74, 6) is -7.26. The van der Waals surface area contributed by atoms with Crippen molar-refractivity contribution in [2.45, 2.75) is 79.7 Å². The number of methoxy groups -OCH3 is 1. The second-order valence-electron chi connectivity index (χ2n) is 20.8. The topological polar surface area (TPSA) is 213 Å². The van der Waals surface area contributed by atoms with Crippen molar-refractivity contribution in [3.63, 3.8) is 0 Å². The van der Waals surface area contributed by atoms with Crippen LogP contribution in [0.1, 0.15) is 75.4 Å². The third kappa shape index (κ3) is 13.2. The zero-order valence-electron chi connectivity index (χ0n) is 47.6. The Kier molecular flexibility index (Phi) is 18.7. The molecular weight excluding hydrogens is 1130 g/mol. The minimum atomic E-state index is -2.03. The predicted molar refractivity (Wildman–Crippen MR) is 313 cm³/mol. The summed E-state index contributed by atoms with van der Waals surface area (Å²) < 4.78 is 76.5. The lowest BCUT2D eigenvalue weighted by atomic mass is 9.80. The van der Waals surface area contributed by atoms with Crippen LogP contribution in [0.4, 0.5) is 0 Å². The van der Waals surface area contributed by atoms with Gasteiger partial charge in [0.2, 0.25) is 0 Å². The number of hydrogen-bond acceptors (Lipinski definition) is 18. The third-order valence-corrected chi connectivity index (χ3v) is 15.1. The molecule has 18 nitrogen and oxygen atoms in total. The molecule has 3 fully saturated rings. The number of carbonyl (C=O) groups is 6. The summed E-state index contributed by atoms with van der Waals surface area (Å²) >= 11 is 0. The Balaban J connectivity index is 1.02. The first kappa shape index (κ1) is 60.0. The Morgan fingerprint density at radius 2 is 0.761 bits per heavy atom. The van der Waals surface area contributed by atoms with Crippen LogP contribution in [0.25, 0.3) is 0 Å². The van der Waals surface area contributed by atoms with E-state index in [0.717, 1.165) is 7.11 Å². The first-order chi connectivity index (χ1) is 42.9. The summed E-state index contributed by atoms with van der Waals surface area (Å²) in [6, 6.07) is 68.6. The zero-order chi connectivity index (χ0) is 61.0.